The van der Waals surface area contributed by atoms with Gasteiger partial charge in [0.15, 0.2) is 0 Å². The van der Waals surface area contributed by atoms with Gasteiger partial charge in [0, 0.05) is 6.04 Å². The number of hydrogen-bond acceptors (Lipinski definition) is 3. The van der Waals surface area contributed by atoms with Crippen LogP contribution in [0.25, 0.3) is 0 Å². The Balaban J connectivity index is 2.27. The van der Waals surface area contributed by atoms with Crippen molar-refractivity contribution >= 4 is 0 Å². The van der Waals surface area contributed by atoms with Gasteiger partial charge in [0.25, 0.3) is 0 Å². The molecule has 0 saturated carbocycles. The van der Waals surface area contributed by atoms with Crippen molar-refractivity contribution in [1.82, 2.24) is 9.97 Å². The van der Waals surface area contributed by atoms with Crippen molar-refractivity contribution < 1.29 is 4.74 Å². The highest BCUT2D eigenvalue weighted by molar-refractivity contribution is 4.91. The highest BCUT2D eigenvalue weighted by Crippen LogP contribution is 2.00. The molecule has 0 aromatic carbocycles. The Hall–Kier alpha value is -0.870. The van der Waals surface area contributed by atoms with E-state index in [1.165, 1.54) is 0 Å². The van der Waals surface area contributed by atoms with Crippen molar-refractivity contribution in [3.8, 4) is 0 Å². The molecule has 0 bridgehead atoms. The van der Waals surface area contributed by atoms with Gasteiger partial charge in [0.2, 0.25) is 0 Å². The van der Waals surface area contributed by atoms with Gasteiger partial charge in [-0.2, -0.15) is 0 Å². The first-order valence-corrected chi connectivity index (χ1v) is 4.04. The standard InChI is InChI=1S/C8H15N3O/c1-6(9)7(2)12-4-8-3-10-5-11-8/h3,5-7H,4,9H2,1-2H3,(H,10,11)/t6-,7+/m1/s1. The molecule has 0 aliphatic heterocycles. The zero-order valence-electron chi connectivity index (χ0n) is 7.45. The summed E-state index contributed by atoms with van der Waals surface area (Å²) in [4.78, 5) is 6.83. The summed E-state index contributed by atoms with van der Waals surface area (Å²) in [6, 6.07) is 0.0629. The molecule has 0 spiro atoms. The van der Waals surface area contributed by atoms with E-state index in [-0.39, 0.29) is 12.1 Å². The molecular weight excluding hydrogens is 154 g/mol. The maximum absolute atomic E-state index is 5.62. The average molecular weight is 169 g/mol. The minimum atomic E-state index is 0.0629. The Labute approximate surface area is 72.1 Å². The molecule has 1 aromatic heterocycles. The number of H-pyrrole nitrogens is 1. The molecule has 1 aromatic rings. The van der Waals surface area contributed by atoms with Crippen LogP contribution in [0.5, 0.6) is 0 Å². The molecule has 68 valence electrons. The first kappa shape index (κ1) is 9.22. The number of imidazole rings is 1. The molecule has 0 amide bonds. The number of aromatic amines is 1. The summed E-state index contributed by atoms with van der Waals surface area (Å²) in [6.45, 7) is 4.43. The maximum atomic E-state index is 5.62. The third-order valence-corrected chi connectivity index (χ3v) is 1.80. The molecule has 4 heteroatoms. The molecular formula is C8H15N3O. The van der Waals surface area contributed by atoms with Gasteiger partial charge in [-0.25, -0.2) is 4.98 Å². The lowest BCUT2D eigenvalue weighted by molar-refractivity contribution is 0.0382. The fourth-order valence-corrected chi connectivity index (χ4v) is 0.737. The maximum Gasteiger partial charge on any atom is 0.0922 e. The summed E-state index contributed by atoms with van der Waals surface area (Å²) in [6.07, 6.45) is 3.46. The van der Waals surface area contributed by atoms with Crippen LogP contribution in [0, 0.1) is 0 Å². The molecule has 0 aliphatic rings. The normalized spacial score (nSPS) is 15.9. The van der Waals surface area contributed by atoms with Crippen molar-refractivity contribution in [1.29, 1.82) is 0 Å². The summed E-state index contributed by atoms with van der Waals surface area (Å²) in [5, 5.41) is 0. The van der Waals surface area contributed by atoms with Gasteiger partial charge in [-0.05, 0) is 13.8 Å². The van der Waals surface area contributed by atoms with Crippen LogP contribution in [-0.2, 0) is 11.3 Å². The Morgan fingerprint density at radius 2 is 2.42 bits per heavy atom. The number of rotatable bonds is 4. The molecule has 0 saturated heterocycles. The summed E-state index contributed by atoms with van der Waals surface area (Å²) in [7, 11) is 0. The van der Waals surface area contributed by atoms with Gasteiger partial charge in [0.05, 0.1) is 30.9 Å². The van der Waals surface area contributed by atoms with E-state index in [2.05, 4.69) is 9.97 Å². The molecule has 0 radical (unpaired) electrons. The number of aromatic nitrogens is 2. The monoisotopic (exact) mass is 169 g/mol. The van der Waals surface area contributed by atoms with Gasteiger partial charge >= 0.3 is 0 Å². The Morgan fingerprint density at radius 1 is 1.67 bits per heavy atom. The average Bonchev–Trinajstić information content (AvgIpc) is 2.51. The second kappa shape index (κ2) is 4.23. The van der Waals surface area contributed by atoms with Crippen molar-refractivity contribution in [2.75, 3.05) is 0 Å². The molecule has 0 unspecified atom stereocenters. The highest BCUT2D eigenvalue weighted by Gasteiger charge is 2.07. The number of hydrogen-bond donors (Lipinski definition) is 2. The van der Waals surface area contributed by atoms with Crippen molar-refractivity contribution in [3.05, 3.63) is 18.2 Å². The molecule has 3 N–H and O–H groups in total. The van der Waals surface area contributed by atoms with Crippen LogP contribution in [0.2, 0.25) is 0 Å². The summed E-state index contributed by atoms with van der Waals surface area (Å²) >= 11 is 0. The Morgan fingerprint density at radius 3 is 2.92 bits per heavy atom. The number of nitrogens with zero attached hydrogens (tertiary/aromatic N) is 1. The predicted octanol–water partition coefficient (Wildman–Crippen LogP) is 0.662. The topological polar surface area (TPSA) is 63.9 Å². The summed E-state index contributed by atoms with van der Waals surface area (Å²) < 4.78 is 5.45. The predicted molar refractivity (Wildman–Crippen MR) is 46.5 cm³/mol. The number of nitrogens with two attached hydrogens (primary N) is 1. The largest absolute Gasteiger partial charge is 0.371 e. The van der Waals surface area contributed by atoms with E-state index in [1.807, 2.05) is 13.8 Å². The zero-order valence-corrected chi connectivity index (χ0v) is 7.45. The van der Waals surface area contributed by atoms with E-state index in [0.717, 1.165) is 5.69 Å². The zero-order chi connectivity index (χ0) is 8.97. The lowest BCUT2D eigenvalue weighted by Crippen LogP contribution is -2.31. The van der Waals surface area contributed by atoms with Crippen molar-refractivity contribution in [2.45, 2.75) is 32.6 Å². The smallest absolute Gasteiger partial charge is 0.0922 e. The Bertz CT molecular complexity index is 208. The molecule has 2 atom stereocenters. The van der Waals surface area contributed by atoms with E-state index in [4.69, 9.17) is 10.5 Å². The minimum Gasteiger partial charge on any atom is -0.371 e. The van der Waals surface area contributed by atoms with Crippen LogP contribution < -0.4 is 5.73 Å². The van der Waals surface area contributed by atoms with Gasteiger partial charge in [-0.15, -0.1) is 0 Å². The molecule has 12 heavy (non-hydrogen) atoms. The van der Waals surface area contributed by atoms with Crippen LogP contribution >= 0.6 is 0 Å². The molecule has 1 heterocycles. The number of ether oxygens (including phenoxy) is 1. The number of nitrogens with one attached hydrogen (secondary N) is 1. The third-order valence-electron chi connectivity index (χ3n) is 1.80. The van der Waals surface area contributed by atoms with E-state index in [0.29, 0.717) is 6.61 Å². The molecule has 4 nitrogen and oxygen atoms in total. The summed E-state index contributed by atoms with van der Waals surface area (Å²) in [5.74, 6) is 0. The van der Waals surface area contributed by atoms with Crippen LogP contribution in [0.15, 0.2) is 12.5 Å². The van der Waals surface area contributed by atoms with E-state index < -0.39 is 0 Å². The van der Waals surface area contributed by atoms with E-state index >= 15 is 0 Å². The summed E-state index contributed by atoms with van der Waals surface area (Å²) in [5.41, 5.74) is 6.60. The van der Waals surface area contributed by atoms with Crippen LogP contribution in [0.1, 0.15) is 19.5 Å². The molecule has 0 aliphatic carbocycles. The first-order chi connectivity index (χ1) is 5.70. The molecule has 0 fully saturated rings. The second-order valence-electron chi connectivity index (χ2n) is 2.95. The van der Waals surface area contributed by atoms with Gasteiger partial charge < -0.3 is 15.5 Å². The minimum absolute atomic E-state index is 0.0629. The second-order valence-corrected chi connectivity index (χ2v) is 2.95. The van der Waals surface area contributed by atoms with Crippen LogP contribution in [0.4, 0.5) is 0 Å². The molecule has 1 rings (SSSR count). The van der Waals surface area contributed by atoms with Gasteiger partial charge in [0.1, 0.15) is 0 Å². The Kier molecular flexibility index (Phi) is 3.25. The van der Waals surface area contributed by atoms with E-state index in [9.17, 15) is 0 Å². The fourth-order valence-electron chi connectivity index (χ4n) is 0.737. The van der Waals surface area contributed by atoms with Crippen LogP contribution in [0.3, 0.4) is 0 Å². The lowest BCUT2D eigenvalue weighted by atomic mass is 10.2. The van der Waals surface area contributed by atoms with Crippen molar-refractivity contribution in [2.24, 2.45) is 5.73 Å². The van der Waals surface area contributed by atoms with Gasteiger partial charge in [-0.3, -0.25) is 0 Å². The quantitative estimate of drug-likeness (QED) is 0.696. The fraction of sp³-hybridized carbons (Fsp3) is 0.625. The SMILES string of the molecule is C[C@H](OCc1cnc[nH]1)[C@@H](C)N. The lowest BCUT2D eigenvalue weighted by Gasteiger charge is -2.15. The van der Waals surface area contributed by atoms with Crippen molar-refractivity contribution in [3.63, 3.8) is 0 Å². The van der Waals surface area contributed by atoms with Gasteiger partial charge in [-0.1, -0.05) is 0 Å². The highest BCUT2D eigenvalue weighted by atomic mass is 16.5. The first-order valence-electron chi connectivity index (χ1n) is 4.04. The van der Waals surface area contributed by atoms with Crippen LogP contribution in [-0.4, -0.2) is 22.1 Å². The third kappa shape index (κ3) is 2.64. The van der Waals surface area contributed by atoms with E-state index in [1.54, 1.807) is 12.5 Å².